The zero-order valence-electron chi connectivity index (χ0n) is 13.2. The fourth-order valence-corrected chi connectivity index (χ4v) is 4.11. The van der Waals surface area contributed by atoms with Gasteiger partial charge in [-0.2, -0.15) is 0 Å². The lowest BCUT2D eigenvalue weighted by Crippen LogP contribution is -2.71. The monoisotopic (exact) mass is 361 g/mol. The molecule has 1 saturated heterocycles. The molecule has 2 aliphatic rings. The average Bonchev–Trinajstić information content (AvgIpc) is 2.60. The van der Waals surface area contributed by atoms with E-state index in [1.165, 1.54) is 16.7 Å². The first-order valence-corrected chi connectivity index (χ1v) is 8.46. The zero-order valence-corrected chi connectivity index (χ0v) is 14.0. The molecule has 0 radical (unpaired) electrons. The Labute approximate surface area is 147 Å². The average molecular weight is 361 g/mol. The molecule has 1 aromatic rings. The van der Waals surface area contributed by atoms with Crippen molar-refractivity contribution >= 4 is 35.3 Å². The van der Waals surface area contributed by atoms with Crippen LogP contribution in [-0.2, 0) is 14.4 Å². The molecule has 0 bridgehead atoms. The van der Waals surface area contributed by atoms with E-state index < -0.39 is 29.2 Å². The van der Waals surface area contributed by atoms with Crippen molar-refractivity contribution < 1.29 is 24.7 Å². The van der Waals surface area contributed by atoms with Gasteiger partial charge in [0.15, 0.2) is 5.71 Å². The molecule has 2 atom stereocenters. The van der Waals surface area contributed by atoms with Gasteiger partial charge >= 0.3 is 5.97 Å². The summed E-state index contributed by atoms with van der Waals surface area (Å²) in [5.74, 6) is -1.90. The number of carboxylic acids is 1. The van der Waals surface area contributed by atoms with Crippen LogP contribution in [0.1, 0.15) is 12.5 Å². The molecule has 130 valence electrons. The van der Waals surface area contributed by atoms with E-state index in [1.54, 1.807) is 37.3 Å². The number of aliphatic carboxylic acids is 1. The fraction of sp³-hybridized carbons (Fsp3) is 0.250. The van der Waals surface area contributed by atoms with E-state index in [4.69, 9.17) is 5.21 Å². The third-order valence-electron chi connectivity index (χ3n) is 4.01. The molecule has 0 aromatic heterocycles. The summed E-state index contributed by atoms with van der Waals surface area (Å²) >= 11 is 1.38. The van der Waals surface area contributed by atoms with E-state index in [-0.39, 0.29) is 11.4 Å². The number of hydrogen-bond donors (Lipinski definition) is 3. The molecule has 3 rings (SSSR count). The molecular weight excluding hydrogens is 346 g/mol. The van der Waals surface area contributed by atoms with Crippen LogP contribution in [0.25, 0.3) is 0 Å². The van der Waals surface area contributed by atoms with Crippen LogP contribution in [0.2, 0.25) is 0 Å². The minimum Gasteiger partial charge on any atom is -0.477 e. The number of thioether (sulfide) groups is 1. The second kappa shape index (κ2) is 6.60. The largest absolute Gasteiger partial charge is 0.477 e. The Morgan fingerprint density at radius 3 is 2.60 bits per heavy atom. The Bertz CT molecular complexity index is 805. The van der Waals surface area contributed by atoms with Crippen molar-refractivity contribution in [1.29, 1.82) is 0 Å². The third kappa shape index (κ3) is 2.86. The van der Waals surface area contributed by atoms with Crippen molar-refractivity contribution in [3.63, 3.8) is 0 Å². The van der Waals surface area contributed by atoms with Gasteiger partial charge in [-0.3, -0.25) is 14.5 Å². The van der Waals surface area contributed by atoms with Crippen LogP contribution >= 0.6 is 11.8 Å². The van der Waals surface area contributed by atoms with Crippen molar-refractivity contribution in [2.24, 2.45) is 5.16 Å². The lowest BCUT2D eigenvalue weighted by Gasteiger charge is -2.49. The Hall–Kier alpha value is -2.81. The molecule has 2 heterocycles. The van der Waals surface area contributed by atoms with E-state index in [1.807, 2.05) is 0 Å². The van der Waals surface area contributed by atoms with E-state index in [2.05, 4.69) is 10.5 Å². The normalized spacial score (nSPS) is 23.0. The quantitative estimate of drug-likeness (QED) is 0.313. The molecule has 25 heavy (non-hydrogen) atoms. The molecule has 0 saturated carbocycles. The second-order valence-electron chi connectivity index (χ2n) is 5.61. The molecule has 1 fully saturated rings. The number of β-lactam (4-membered cyclic amide) rings is 1. The van der Waals surface area contributed by atoms with E-state index in [0.29, 0.717) is 16.9 Å². The van der Waals surface area contributed by atoms with Gasteiger partial charge in [0.2, 0.25) is 0 Å². The number of carbonyl (C=O) groups is 3. The Kier molecular flexibility index (Phi) is 4.49. The third-order valence-corrected chi connectivity index (χ3v) is 5.43. The molecular formula is C16H15N3O5S. The smallest absolute Gasteiger partial charge is 0.352 e. The number of rotatable bonds is 4. The van der Waals surface area contributed by atoms with Gasteiger partial charge in [0, 0.05) is 11.3 Å². The van der Waals surface area contributed by atoms with E-state index in [0.717, 1.165) is 0 Å². The maximum absolute atomic E-state index is 12.4. The maximum Gasteiger partial charge on any atom is 0.352 e. The summed E-state index contributed by atoms with van der Waals surface area (Å²) in [7, 11) is 0. The minimum atomic E-state index is -1.16. The topological polar surface area (TPSA) is 119 Å². The summed E-state index contributed by atoms with van der Waals surface area (Å²) < 4.78 is 0. The summed E-state index contributed by atoms with van der Waals surface area (Å²) in [6.07, 6.45) is 0. The van der Waals surface area contributed by atoms with Crippen molar-refractivity contribution in [2.45, 2.75) is 18.3 Å². The SMILES string of the molecule is CC1=C(C(=O)O)N2C(=O)[C@@H](NC(=O)/C(=N/O)c3ccccc3)[C@H]2SC1. The van der Waals surface area contributed by atoms with Crippen LogP contribution in [0.4, 0.5) is 0 Å². The van der Waals surface area contributed by atoms with E-state index >= 15 is 0 Å². The zero-order chi connectivity index (χ0) is 18.1. The summed E-state index contributed by atoms with van der Waals surface area (Å²) in [5.41, 5.74) is 0.773. The maximum atomic E-state index is 12.4. The van der Waals surface area contributed by atoms with E-state index in [9.17, 15) is 19.5 Å². The molecule has 0 unspecified atom stereocenters. The summed E-state index contributed by atoms with van der Waals surface area (Å²) in [6, 6.07) is 7.48. The number of carboxylic acid groups (broad SMARTS) is 1. The molecule has 2 amide bonds. The number of hydrogen-bond acceptors (Lipinski definition) is 6. The van der Waals surface area contributed by atoms with Crippen molar-refractivity contribution in [2.75, 3.05) is 5.75 Å². The Morgan fingerprint density at radius 2 is 2.00 bits per heavy atom. The number of nitrogens with zero attached hydrogens (tertiary/aromatic N) is 2. The van der Waals surface area contributed by atoms with Crippen LogP contribution in [0, 0.1) is 0 Å². The first kappa shape index (κ1) is 17.0. The highest BCUT2D eigenvalue weighted by atomic mass is 32.2. The van der Waals surface area contributed by atoms with Gasteiger partial charge in [0.05, 0.1) is 0 Å². The van der Waals surface area contributed by atoms with Crippen molar-refractivity contribution in [3.8, 4) is 0 Å². The number of benzene rings is 1. The van der Waals surface area contributed by atoms with Gasteiger partial charge in [0.1, 0.15) is 17.1 Å². The molecule has 2 aliphatic heterocycles. The molecule has 0 aliphatic carbocycles. The minimum absolute atomic E-state index is 0.0293. The number of carbonyl (C=O) groups excluding carboxylic acids is 2. The Balaban J connectivity index is 1.76. The summed E-state index contributed by atoms with van der Waals surface area (Å²) in [5, 5.41) is 23.5. The molecule has 9 heteroatoms. The van der Waals surface area contributed by atoms with Gasteiger partial charge in [-0.1, -0.05) is 35.5 Å². The fourth-order valence-electron chi connectivity index (χ4n) is 2.82. The first-order valence-electron chi connectivity index (χ1n) is 7.41. The van der Waals surface area contributed by atoms with Crippen molar-refractivity contribution in [1.82, 2.24) is 10.2 Å². The highest BCUT2D eigenvalue weighted by Crippen LogP contribution is 2.40. The van der Waals surface area contributed by atoms with Crippen LogP contribution < -0.4 is 5.32 Å². The number of oxime groups is 1. The predicted octanol–water partition coefficient (Wildman–Crippen LogP) is 0.623. The molecule has 8 nitrogen and oxygen atoms in total. The number of nitrogens with one attached hydrogen (secondary N) is 1. The standard InChI is InChI=1S/C16H15N3O5S/c1-8-7-25-15-11(14(21)19(15)12(8)16(22)23)17-13(20)10(18-24)9-5-3-2-4-6-9/h2-6,11,15,24H,7H2,1H3,(H,17,20)(H,22,23)/b18-10+/t11-,15-/m1/s1. The van der Waals surface area contributed by atoms with Crippen LogP contribution in [-0.4, -0.2) is 55.9 Å². The van der Waals surface area contributed by atoms with Crippen molar-refractivity contribution in [3.05, 3.63) is 47.2 Å². The highest BCUT2D eigenvalue weighted by Gasteiger charge is 2.53. The molecule has 0 spiro atoms. The summed E-state index contributed by atoms with van der Waals surface area (Å²) in [6.45, 7) is 1.66. The van der Waals surface area contributed by atoms with Gasteiger partial charge in [-0.25, -0.2) is 4.79 Å². The number of amides is 2. The number of fused-ring (bicyclic) bond motifs is 1. The van der Waals surface area contributed by atoms with Gasteiger partial charge in [-0.15, -0.1) is 11.8 Å². The molecule has 3 N–H and O–H groups in total. The van der Waals surface area contributed by atoms with Gasteiger partial charge < -0.3 is 15.6 Å². The van der Waals surface area contributed by atoms with Gasteiger partial charge in [0.25, 0.3) is 11.8 Å². The predicted molar refractivity (Wildman–Crippen MR) is 90.1 cm³/mol. The first-order chi connectivity index (χ1) is 12.0. The van der Waals surface area contributed by atoms with Crippen LogP contribution in [0.3, 0.4) is 0 Å². The lowest BCUT2D eigenvalue weighted by atomic mass is 10.0. The Morgan fingerprint density at radius 1 is 1.32 bits per heavy atom. The van der Waals surface area contributed by atoms with Crippen LogP contribution in [0.5, 0.6) is 0 Å². The molecule has 1 aromatic carbocycles. The van der Waals surface area contributed by atoms with Gasteiger partial charge in [-0.05, 0) is 12.5 Å². The second-order valence-corrected chi connectivity index (χ2v) is 6.71. The highest BCUT2D eigenvalue weighted by molar-refractivity contribution is 8.00. The van der Waals surface area contributed by atoms with Crippen LogP contribution in [0.15, 0.2) is 46.8 Å². The lowest BCUT2D eigenvalue weighted by molar-refractivity contribution is -0.150. The summed E-state index contributed by atoms with van der Waals surface area (Å²) in [4.78, 5) is 37.3.